The average molecular weight is 743 g/mol. The third kappa shape index (κ3) is 9.34. The molecule has 0 unspecified atom stereocenters. The van der Waals surface area contributed by atoms with Crippen molar-refractivity contribution in [3.63, 3.8) is 0 Å². The van der Waals surface area contributed by atoms with Gasteiger partial charge in [-0.1, -0.05) is 105 Å². The Morgan fingerprint density at radius 3 is 0.927 bits per heavy atom. The molecule has 6 rings (SSSR count). The van der Waals surface area contributed by atoms with Crippen molar-refractivity contribution in [3.8, 4) is 44.5 Å². The van der Waals surface area contributed by atoms with Crippen LogP contribution in [-0.2, 0) is 12.8 Å². The summed E-state index contributed by atoms with van der Waals surface area (Å²) in [4.78, 5) is 6.17. The van der Waals surface area contributed by atoms with E-state index in [2.05, 4.69) is 9.69 Å². The summed E-state index contributed by atoms with van der Waals surface area (Å²) in [5.41, 5.74) is 3.73. The number of aryl methyl sites for hydroxylation is 2. The highest BCUT2D eigenvalue weighted by molar-refractivity contribution is 5.74. The fourth-order valence-electron chi connectivity index (χ4n) is 6.80. The molecule has 2 nitrogen and oxygen atoms in total. The smallest absolute Gasteiger partial charge is 0.222 e. The van der Waals surface area contributed by atoms with Crippen LogP contribution in [0.2, 0.25) is 0 Å². The average Bonchev–Trinajstić information content (AvgIpc) is 3.17. The maximum Gasteiger partial charge on any atom is 0.222 e. The van der Waals surface area contributed by atoms with Crippen molar-refractivity contribution in [2.75, 3.05) is 0 Å². The van der Waals surface area contributed by atoms with Crippen LogP contribution < -0.4 is 0 Å². The third-order valence-electron chi connectivity index (χ3n) is 9.82. The van der Waals surface area contributed by atoms with Crippen LogP contribution in [0.5, 0.6) is 0 Å². The lowest BCUT2D eigenvalue weighted by Gasteiger charge is -2.10. The summed E-state index contributed by atoms with van der Waals surface area (Å²) < 4.78 is 88.2. The van der Waals surface area contributed by atoms with Crippen molar-refractivity contribution < 1.29 is 26.3 Å². The Morgan fingerprint density at radius 1 is 0.327 bits per heavy atom. The summed E-state index contributed by atoms with van der Waals surface area (Å²) in [6.45, 7) is 13.9. The first kappa shape index (κ1) is 38.6. The van der Waals surface area contributed by atoms with Crippen LogP contribution in [0.15, 0.2) is 109 Å². The number of unbranched alkanes of at least 4 members (excludes halogenated alkanes) is 6. The van der Waals surface area contributed by atoms with Crippen LogP contribution >= 0.6 is 0 Å². The van der Waals surface area contributed by atoms with Gasteiger partial charge in [0.2, 0.25) is 11.4 Å². The van der Waals surface area contributed by atoms with E-state index in [-0.39, 0.29) is 33.6 Å². The van der Waals surface area contributed by atoms with Crippen molar-refractivity contribution in [2.24, 2.45) is 0 Å². The molecule has 0 aromatic heterocycles. The molecule has 0 amide bonds. The lowest BCUT2D eigenvalue weighted by Crippen LogP contribution is -1.93. The number of rotatable bonds is 14. The fraction of sp³-hybridized carbons (Fsp3) is 0.191. The predicted molar refractivity (Wildman–Crippen MR) is 207 cm³/mol. The zero-order valence-electron chi connectivity index (χ0n) is 29.9. The lowest BCUT2D eigenvalue weighted by molar-refractivity contribution is 0.576. The highest BCUT2D eigenvalue weighted by Crippen LogP contribution is 2.34. The minimum absolute atomic E-state index is 0.137. The van der Waals surface area contributed by atoms with Crippen molar-refractivity contribution in [1.82, 2.24) is 0 Å². The van der Waals surface area contributed by atoms with Crippen molar-refractivity contribution in [1.29, 1.82) is 0 Å². The molecule has 0 fully saturated rings. The molecule has 0 bridgehead atoms. The molecule has 0 N–H and O–H groups in total. The molecule has 55 heavy (non-hydrogen) atoms. The molecule has 6 aromatic rings. The maximum atomic E-state index is 15.1. The summed E-state index contributed by atoms with van der Waals surface area (Å²) >= 11 is 0. The van der Waals surface area contributed by atoms with Crippen LogP contribution in [0.25, 0.3) is 54.2 Å². The summed E-state index contributed by atoms with van der Waals surface area (Å²) in [5, 5.41) is 0. The first-order valence-corrected chi connectivity index (χ1v) is 18.2. The molecule has 0 saturated carbocycles. The van der Waals surface area contributed by atoms with Gasteiger partial charge in [-0.2, -0.15) is 0 Å². The largest absolute Gasteiger partial charge is 0.235 e. The molecular formula is C47H36F6N2. The van der Waals surface area contributed by atoms with Gasteiger partial charge in [0.25, 0.3) is 0 Å². The second kappa shape index (κ2) is 17.8. The van der Waals surface area contributed by atoms with E-state index < -0.39 is 34.9 Å². The zero-order chi connectivity index (χ0) is 38.9. The number of benzene rings is 6. The minimum Gasteiger partial charge on any atom is -0.235 e. The Bertz CT molecular complexity index is 2250. The molecule has 0 aliphatic heterocycles. The summed E-state index contributed by atoms with van der Waals surface area (Å²) in [7, 11) is 0. The van der Waals surface area contributed by atoms with E-state index in [0.717, 1.165) is 81.0 Å². The predicted octanol–water partition coefficient (Wildman–Crippen LogP) is 14.8. The van der Waals surface area contributed by atoms with E-state index in [1.807, 2.05) is 12.1 Å². The first-order chi connectivity index (χ1) is 26.6. The van der Waals surface area contributed by atoms with Gasteiger partial charge in [-0.3, -0.25) is 0 Å². The Labute approximate surface area is 317 Å². The quantitative estimate of drug-likeness (QED) is 0.0597. The van der Waals surface area contributed by atoms with Crippen molar-refractivity contribution in [3.05, 3.63) is 178 Å². The van der Waals surface area contributed by atoms with Gasteiger partial charge >= 0.3 is 0 Å². The van der Waals surface area contributed by atoms with E-state index in [1.54, 1.807) is 24.3 Å². The topological polar surface area (TPSA) is 8.72 Å². The first-order valence-electron chi connectivity index (χ1n) is 18.2. The Hall–Kier alpha value is -6.12. The van der Waals surface area contributed by atoms with Gasteiger partial charge in [0.1, 0.15) is 34.9 Å². The molecule has 0 heterocycles. The zero-order valence-corrected chi connectivity index (χ0v) is 29.9. The molecule has 0 aliphatic carbocycles. The van der Waals surface area contributed by atoms with E-state index in [9.17, 15) is 17.6 Å². The van der Waals surface area contributed by atoms with Crippen LogP contribution in [0, 0.1) is 48.0 Å². The van der Waals surface area contributed by atoms with Gasteiger partial charge in [-0.15, -0.1) is 0 Å². The monoisotopic (exact) mass is 742 g/mol. The molecule has 0 radical (unpaired) electrons. The molecule has 0 spiro atoms. The van der Waals surface area contributed by atoms with E-state index in [1.165, 1.54) is 60.7 Å². The van der Waals surface area contributed by atoms with Crippen LogP contribution in [0.1, 0.15) is 56.1 Å². The normalized spacial score (nSPS) is 11.0. The minimum atomic E-state index is -0.724. The molecule has 6 aromatic carbocycles. The van der Waals surface area contributed by atoms with Crippen LogP contribution in [0.4, 0.5) is 37.7 Å². The Kier molecular flexibility index (Phi) is 12.5. The van der Waals surface area contributed by atoms with Crippen LogP contribution in [-0.4, -0.2) is 0 Å². The number of hydrogen-bond donors (Lipinski definition) is 0. The van der Waals surface area contributed by atoms with E-state index >= 15 is 8.78 Å². The number of hydrogen-bond acceptors (Lipinski definition) is 0. The summed E-state index contributed by atoms with van der Waals surface area (Å²) in [6.07, 6.45) is 8.47. The number of nitrogens with zero attached hydrogens (tertiary/aromatic N) is 2. The van der Waals surface area contributed by atoms with Gasteiger partial charge < -0.3 is 0 Å². The lowest BCUT2D eigenvalue weighted by atomic mass is 9.97. The van der Waals surface area contributed by atoms with Crippen molar-refractivity contribution >= 4 is 11.4 Å². The SMILES string of the molecule is [C-]#[N+]c1ccc(-c2ccc(-c3ccc(CCCCCCCCCc4ccc(-c5ccc(-c6ccc([N+]#[C-])c(F)c6)c(F)c5)c(F)c4)cc3F)cc2F)cc1F. The summed E-state index contributed by atoms with van der Waals surface area (Å²) in [5.74, 6) is -3.54. The molecule has 0 atom stereocenters. The van der Waals surface area contributed by atoms with Crippen LogP contribution in [0.3, 0.4) is 0 Å². The highest BCUT2D eigenvalue weighted by Gasteiger charge is 2.15. The third-order valence-corrected chi connectivity index (χ3v) is 9.82. The summed E-state index contributed by atoms with van der Waals surface area (Å²) in [6, 6.07) is 26.5. The molecule has 0 saturated heterocycles. The maximum absolute atomic E-state index is 15.1. The second-order valence-corrected chi connectivity index (χ2v) is 13.5. The second-order valence-electron chi connectivity index (χ2n) is 13.5. The number of halogens is 6. The van der Waals surface area contributed by atoms with Gasteiger partial charge in [0.05, 0.1) is 13.1 Å². The van der Waals surface area contributed by atoms with Gasteiger partial charge in [-0.05, 0) is 95.5 Å². The standard InChI is InChI=1S/C47H36F6N2/c1-54-46-22-16-34(28-44(46)52)38-20-14-32(26-42(38)50)36-18-12-30(24-40(36)48)10-8-6-4-3-5-7-9-11-31-13-19-37(41(49)25-31)33-15-21-39(43(51)27-33)35-17-23-47(55-2)45(53)29-35/h12-29H,3-11H2. The van der Waals surface area contributed by atoms with Gasteiger partial charge in [0.15, 0.2) is 0 Å². The molecule has 8 heteroatoms. The van der Waals surface area contributed by atoms with Gasteiger partial charge in [-0.25, -0.2) is 36.0 Å². The molecule has 0 aliphatic rings. The Morgan fingerprint density at radius 2 is 0.618 bits per heavy atom. The van der Waals surface area contributed by atoms with Crippen molar-refractivity contribution in [2.45, 2.75) is 57.8 Å². The molecular weight excluding hydrogens is 707 g/mol. The Balaban J connectivity index is 0.906. The molecule has 276 valence electrons. The highest BCUT2D eigenvalue weighted by atomic mass is 19.1. The van der Waals surface area contributed by atoms with Gasteiger partial charge in [0, 0.05) is 22.3 Å². The van der Waals surface area contributed by atoms with E-state index in [0.29, 0.717) is 22.3 Å². The fourth-order valence-corrected chi connectivity index (χ4v) is 6.80. The van der Waals surface area contributed by atoms with E-state index in [4.69, 9.17) is 13.1 Å².